The zero-order chi connectivity index (χ0) is 16.3. The molecule has 1 aliphatic rings. The summed E-state index contributed by atoms with van der Waals surface area (Å²) in [4.78, 5) is 25.6. The first-order chi connectivity index (χ1) is 10.3. The number of hydrogen-bond donors (Lipinski definition) is 1. The molecule has 4 heteroatoms. The summed E-state index contributed by atoms with van der Waals surface area (Å²) in [6, 6.07) is 7.98. The highest BCUT2D eigenvalue weighted by Gasteiger charge is 2.23. The molecule has 0 unspecified atom stereocenters. The van der Waals surface area contributed by atoms with Crippen molar-refractivity contribution in [2.75, 3.05) is 13.1 Å². The Morgan fingerprint density at radius 1 is 1.18 bits per heavy atom. The zero-order valence-electron chi connectivity index (χ0n) is 14.0. The molecule has 0 atom stereocenters. The minimum absolute atomic E-state index is 0.0209. The Bertz CT molecular complexity index is 552. The van der Waals surface area contributed by atoms with Crippen molar-refractivity contribution in [2.45, 2.75) is 52.0 Å². The summed E-state index contributed by atoms with van der Waals surface area (Å²) in [5, 5.41) is 3.10. The van der Waals surface area contributed by atoms with Gasteiger partial charge >= 0.3 is 0 Å². The van der Waals surface area contributed by atoms with Gasteiger partial charge in [0, 0.05) is 31.6 Å². The molecule has 1 aliphatic heterocycles. The standard InChI is InChI=1S/C18H26N2O2/c1-13(21)20-10-8-16(9-11-20)19-17(22)14-6-5-7-15(12-14)18(2,3)4/h5-7,12,16H,8-11H2,1-4H3,(H,19,22). The zero-order valence-corrected chi connectivity index (χ0v) is 14.0. The fourth-order valence-electron chi connectivity index (χ4n) is 2.73. The Morgan fingerprint density at radius 3 is 2.36 bits per heavy atom. The van der Waals surface area contributed by atoms with Gasteiger partial charge in [-0.2, -0.15) is 0 Å². The van der Waals surface area contributed by atoms with Gasteiger partial charge in [0.15, 0.2) is 0 Å². The van der Waals surface area contributed by atoms with E-state index < -0.39 is 0 Å². The maximum absolute atomic E-state index is 12.4. The first kappa shape index (κ1) is 16.5. The number of likely N-dealkylation sites (tertiary alicyclic amines) is 1. The number of nitrogens with one attached hydrogen (secondary N) is 1. The molecule has 1 aromatic rings. The normalized spacial score (nSPS) is 16.5. The van der Waals surface area contributed by atoms with Crippen molar-refractivity contribution in [1.29, 1.82) is 0 Å². The van der Waals surface area contributed by atoms with E-state index in [4.69, 9.17) is 0 Å². The number of nitrogens with zero attached hydrogens (tertiary/aromatic N) is 1. The molecular weight excluding hydrogens is 276 g/mol. The summed E-state index contributed by atoms with van der Waals surface area (Å²) in [5.41, 5.74) is 1.90. The maximum atomic E-state index is 12.4. The highest BCUT2D eigenvalue weighted by molar-refractivity contribution is 5.94. The average Bonchev–Trinajstić information content (AvgIpc) is 2.47. The van der Waals surface area contributed by atoms with Crippen molar-refractivity contribution >= 4 is 11.8 Å². The Hall–Kier alpha value is -1.84. The highest BCUT2D eigenvalue weighted by atomic mass is 16.2. The third kappa shape index (κ3) is 4.09. The largest absolute Gasteiger partial charge is 0.349 e. The molecule has 4 nitrogen and oxygen atoms in total. The third-order valence-electron chi connectivity index (χ3n) is 4.27. The van der Waals surface area contributed by atoms with Crippen molar-refractivity contribution in [3.8, 4) is 0 Å². The van der Waals surface area contributed by atoms with Gasteiger partial charge in [-0.1, -0.05) is 32.9 Å². The van der Waals surface area contributed by atoms with E-state index in [1.807, 2.05) is 23.1 Å². The van der Waals surface area contributed by atoms with Crippen LogP contribution in [0.1, 0.15) is 56.5 Å². The quantitative estimate of drug-likeness (QED) is 0.913. The van der Waals surface area contributed by atoms with E-state index in [1.165, 1.54) is 0 Å². The number of benzene rings is 1. The Morgan fingerprint density at radius 2 is 1.82 bits per heavy atom. The summed E-state index contributed by atoms with van der Waals surface area (Å²) in [6.45, 7) is 9.46. The molecule has 2 amide bonds. The monoisotopic (exact) mass is 302 g/mol. The van der Waals surface area contributed by atoms with E-state index in [0.29, 0.717) is 5.56 Å². The molecule has 0 radical (unpaired) electrons. The molecule has 0 aliphatic carbocycles. The minimum Gasteiger partial charge on any atom is -0.349 e. The van der Waals surface area contributed by atoms with Crippen molar-refractivity contribution in [3.05, 3.63) is 35.4 Å². The van der Waals surface area contributed by atoms with Gasteiger partial charge in [-0.25, -0.2) is 0 Å². The van der Waals surface area contributed by atoms with Crippen LogP contribution in [0.5, 0.6) is 0 Å². The highest BCUT2D eigenvalue weighted by Crippen LogP contribution is 2.23. The van der Waals surface area contributed by atoms with E-state index in [1.54, 1.807) is 6.92 Å². The topological polar surface area (TPSA) is 49.4 Å². The van der Waals surface area contributed by atoms with Crippen LogP contribution in [0.25, 0.3) is 0 Å². The van der Waals surface area contributed by atoms with E-state index in [-0.39, 0.29) is 23.3 Å². The van der Waals surface area contributed by atoms with Gasteiger partial charge < -0.3 is 10.2 Å². The van der Waals surface area contributed by atoms with Crippen LogP contribution in [0.3, 0.4) is 0 Å². The lowest BCUT2D eigenvalue weighted by molar-refractivity contribution is -0.129. The Kier molecular flexibility index (Phi) is 4.89. The van der Waals surface area contributed by atoms with Gasteiger partial charge in [-0.05, 0) is 36.0 Å². The van der Waals surface area contributed by atoms with E-state index >= 15 is 0 Å². The molecule has 1 aromatic carbocycles. The number of rotatable bonds is 2. The predicted molar refractivity (Wildman–Crippen MR) is 87.9 cm³/mol. The number of carbonyl (C=O) groups is 2. The number of carbonyl (C=O) groups excluding carboxylic acids is 2. The molecule has 0 spiro atoms. The Balaban J connectivity index is 1.97. The molecule has 0 aromatic heterocycles. The van der Waals surface area contributed by atoms with Gasteiger partial charge in [-0.3, -0.25) is 9.59 Å². The van der Waals surface area contributed by atoms with Crippen LogP contribution < -0.4 is 5.32 Å². The van der Waals surface area contributed by atoms with Crippen molar-refractivity contribution in [2.24, 2.45) is 0 Å². The molecule has 1 heterocycles. The smallest absolute Gasteiger partial charge is 0.251 e. The predicted octanol–water partition coefficient (Wildman–Crippen LogP) is 2.72. The van der Waals surface area contributed by atoms with Crippen LogP contribution in [0.2, 0.25) is 0 Å². The number of piperidine rings is 1. The van der Waals surface area contributed by atoms with Crippen LogP contribution in [0.15, 0.2) is 24.3 Å². The molecular formula is C18H26N2O2. The van der Waals surface area contributed by atoms with Gasteiger partial charge in [-0.15, -0.1) is 0 Å². The van der Waals surface area contributed by atoms with Crippen LogP contribution in [-0.2, 0) is 10.2 Å². The molecule has 1 fully saturated rings. The fourth-order valence-corrected chi connectivity index (χ4v) is 2.73. The van der Waals surface area contributed by atoms with E-state index in [2.05, 4.69) is 32.2 Å². The minimum atomic E-state index is -0.0209. The second kappa shape index (κ2) is 6.51. The van der Waals surface area contributed by atoms with Gasteiger partial charge in [0.1, 0.15) is 0 Å². The Labute approximate surface area is 132 Å². The second-order valence-corrected chi connectivity index (χ2v) is 7.08. The lowest BCUT2D eigenvalue weighted by Crippen LogP contribution is -2.46. The summed E-state index contributed by atoms with van der Waals surface area (Å²) in [5.74, 6) is 0.0926. The molecule has 22 heavy (non-hydrogen) atoms. The van der Waals surface area contributed by atoms with Gasteiger partial charge in [0.05, 0.1) is 0 Å². The summed E-state index contributed by atoms with van der Waals surface area (Å²) >= 11 is 0. The van der Waals surface area contributed by atoms with Crippen LogP contribution in [-0.4, -0.2) is 35.8 Å². The van der Waals surface area contributed by atoms with Crippen LogP contribution >= 0.6 is 0 Å². The van der Waals surface area contributed by atoms with Crippen LogP contribution in [0, 0.1) is 0 Å². The second-order valence-electron chi connectivity index (χ2n) is 7.08. The first-order valence-electron chi connectivity index (χ1n) is 7.94. The maximum Gasteiger partial charge on any atom is 0.251 e. The number of amides is 2. The molecule has 2 rings (SSSR count). The molecule has 0 bridgehead atoms. The molecule has 0 saturated carbocycles. The fraction of sp³-hybridized carbons (Fsp3) is 0.556. The first-order valence-corrected chi connectivity index (χ1v) is 7.94. The lowest BCUT2D eigenvalue weighted by atomic mass is 9.86. The van der Waals surface area contributed by atoms with Crippen molar-refractivity contribution in [3.63, 3.8) is 0 Å². The number of hydrogen-bond acceptors (Lipinski definition) is 2. The van der Waals surface area contributed by atoms with Crippen molar-refractivity contribution < 1.29 is 9.59 Å². The lowest BCUT2D eigenvalue weighted by Gasteiger charge is -2.31. The summed E-state index contributed by atoms with van der Waals surface area (Å²) in [6.07, 6.45) is 1.65. The average molecular weight is 302 g/mol. The summed E-state index contributed by atoms with van der Waals surface area (Å²) in [7, 11) is 0. The van der Waals surface area contributed by atoms with Gasteiger partial charge in [0.25, 0.3) is 5.91 Å². The summed E-state index contributed by atoms with van der Waals surface area (Å²) < 4.78 is 0. The van der Waals surface area contributed by atoms with Gasteiger partial charge in [0.2, 0.25) is 5.91 Å². The third-order valence-corrected chi connectivity index (χ3v) is 4.27. The van der Waals surface area contributed by atoms with Crippen LogP contribution in [0.4, 0.5) is 0 Å². The van der Waals surface area contributed by atoms with E-state index in [0.717, 1.165) is 31.5 Å². The molecule has 120 valence electrons. The van der Waals surface area contributed by atoms with E-state index in [9.17, 15) is 9.59 Å². The molecule has 1 saturated heterocycles. The SMILES string of the molecule is CC(=O)N1CCC(NC(=O)c2cccc(C(C)(C)C)c2)CC1. The molecule has 1 N–H and O–H groups in total. The van der Waals surface area contributed by atoms with Crippen molar-refractivity contribution in [1.82, 2.24) is 10.2 Å².